The molecular weight excluding hydrogens is 498 g/mol. The fourth-order valence-corrected chi connectivity index (χ4v) is 4.92. The number of methoxy groups -OCH3 is 1. The van der Waals surface area contributed by atoms with E-state index in [2.05, 4.69) is 0 Å². The lowest BCUT2D eigenvalue weighted by Gasteiger charge is -2.32. The molecule has 200 valence electrons. The number of alkyl halides is 6. The van der Waals surface area contributed by atoms with E-state index in [4.69, 9.17) is 10.00 Å². The van der Waals surface area contributed by atoms with Crippen LogP contribution in [0.3, 0.4) is 0 Å². The van der Waals surface area contributed by atoms with E-state index < -0.39 is 35.5 Å². The molecule has 1 unspecified atom stereocenters. The zero-order chi connectivity index (χ0) is 27.4. The molecule has 4 nitrogen and oxygen atoms in total. The maximum atomic E-state index is 13.6. The molecule has 3 rings (SSSR count). The summed E-state index contributed by atoms with van der Waals surface area (Å²) < 4.78 is 86.4. The minimum Gasteiger partial charge on any atom is -0.376 e. The van der Waals surface area contributed by atoms with Crippen LogP contribution in [0.1, 0.15) is 78.5 Å². The Morgan fingerprint density at radius 1 is 1.00 bits per heavy atom. The first-order valence-electron chi connectivity index (χ1n) is 11.9. The van der Waals surface area contributed by atoms with E-state index in [1.807, 2.05) is 0 Å². The van der Waals surface area contributed by atoms with Crippen LogP contribution in [0.4, 0.5) is 26.3 Å². The largest absolute Gasteiger partial charge is 0.416 e. The summed E-state index contributed by atoms with van der Waals surface area (Å²) in [6.07, 6.45) is -5.05. The van der Waals surface area contributed by atoms with Crippen molar-refractivity contribution in [3.63, 3.8) is 0 Å². The second-order valence-electron chi connectivity index (χ2n) is 9.37. The Morgan fingerprint density at radius 2 is 1.65 bits per heavy atom. The van der Waals surface area contributed by atoms with E-state index >= 15 is 0 Å². The summed E-state index contributed by atoms with van der Waals surface area (Å²) in [6.45, 7) is 0.616. The minimum atomic E-state index is -4.71. The van der Waals surface area contributed by atoms with Crippen LogP contribution in [0, 0.1) is 17.2 Å². The van der Waals surface area contributed by atoms with Crippen LogP contribution in [0.15, 0.2) is 36.4 Å². The molecule has 1 aliphatic carbocycles. The third-order valence-corrected chi connectivity index (χ3v) is 6.74. The Morgan fingerprint density at radius 3 is 2.19 bits per heavy atom. The molecule has 1 fully saturated rings. The smallest absolute Gasteiger partial charge is 0.376 e. The highest BCUT2D eigenvalue weighted by Gasteiger charge is 2.34. The number of carbonyl (C=O) groups is 1. The van der Waals surface area contributed by atoms with Gasteiger partial charge in [-0.15, -0.1) is 0 Å². The Bertz CT molecular complexity index is 1150. The summed E-state index contributed by atoms with van der Waals surface area (Å²) in [5.41, 5.74) is -1.37. The first kappa shape index (κ1) is 28.5. The number of benzene rings is 2. The summed E-state index contributed by atoms with van der Waals surface area (Å²) in [7, 11) is 1.50. The maximum Gasteiger partial charge on any atom is 0.416 e. The van der Waals surface area contributed by atoms with Crippen molar-refractivity contribution in [3.05, 3.63) is 69.8 Å². The quantitative estimate of drug-likeness (QED) is 0.353. The van der Waals surface area contributed by atoms with Gasteiger partial charge in [-0.3, -0.25) is 4.79 Å². The van der Waals surface area contributed by atoms with Gasteiger partial charge in [-0.25, -0.2) is 0 Å². The van der Waals surface area contributed by atoms with Crippen LogP contribution in [0.5, 0.6) is 0 Å². The third kappa shape index (κ3) is 7.25. The number of ether oxygens (including phenoxy) is 1. The molecule has 0 bridgehead atoms. The molecule has 0 aromatic heterocycles. The lowest BCUT2D eigenvalue weighted by atomic mass is 9.81. The zero-order valence-corrected chi connectivity index (χ0v) is 20.5. The predicted molar refractivity (Wildman–Crippen MR) is 124 cm³/mol. The van der Waals surface area contributed by atoms with E-state index in [1.165, 1.54) is 31.1 Å². The van der Waals surface area contributed by atoms with E-state index in [9.17, 15) is 31.1 Å². The van der Waals surface area contributed by atoms with Gasteiger partial charge in [-0.1, -0.05) is 25.3 Å². The Kier molecular flexibility index (Phi) is 8.90. The molecule has 1 aliphatic rings. The number of hydrogen-bond acceptors (Lipinski definition) is 3. The minimum absolute atomic E-state index is 0.0469. The molecule has 10 heteroatoms. The van der Waals surface area contributed by atoms with Crippen molar-refractivity contribution in [3.8, 4) is 6.07 Å². The van der Waals surface area contributed by atoms with E-state index in [-0.39, 0.29) is 35.7 Å². The summed E-state index contributed by atoms with van der Waals surface area (Å²) in [4.78, 5) is 13.7. The highest BCUT2D eigenvalue weighted by atomic mass is 19.4. The standard InChI is InChI=1S/C27H28F6N2O2/c1-17(36)35(15-19-10-18(14-34)11-23(12-19)27(31,32)33)16-21-13-22(26(28,29)30)8-9-24(21)25(37-2)20-6-4-3-5-7-20/h8-13,20,25H,3-7,15-16H2,1-2H3. The van der Waals surface area contributed by atoms with Gasteiger partial charge in [0.25, 0.3) is 0 Å². The van der Waals surface area contributed by atoms with Gasteiger partial charge in [-0.2, -0.15) is 31.6 Å². The molecule has 2 aromatic rings. The fraction of sp³-hybridized carbons (Fsp3) is 0.481. The van der Waals surface area contributed by atoms with Crippen LogP contribution >= 0.6 is 0 Å². The van der Waals surface area contributed by atoms with Crippen molar-refractivity contribution in [1.29, 1.82) is 5.26 Å². The number of nitriles is 1. The molecule has 0 radical (unpaired) electrons. The molecule has 37 heavy (non-hydrogen) atoms. The lowest BCUT2D eigenvalue weighted by molar-refractivity contribution is -0.138. The number of rotatable bonds is 7. The predicted octanol–water partition coefficient (Wildman–Crippen LogP) is 7.41. The second kappa shape index (κ2) is 11.5. The van der Waals surface area contributed by atoms with Crippen LogP contribution in [0.25, 0.3) is 0 Å². The molecule has 2 aromatic carbocycles. The number of carbonyl (C=O) groups excluding carboxylic acids is 1. The van der Waals surface area contributed by atoms with Crippen molar-refractivity contribution in [2.45, 2.75) is 70.6 Å². The van der Waals surface area contributed by atoms with Gasteiger partial charge in [0.15, 0.2) is 0 Å². The molecule has 0 heterocycles. The summed E-state index contributed by atoms with van der Waals surface area (Å²) in [6, 6.07) is 7.79. The Balaban J connectivity index is 2.02. The highest BCUT2D eigenvalue weighted by molar-refractivity contribution is 5.73. The van der Waals surface area contributed by atoms with Gasteiger partial charge in [0, 0.05) is 27.1 Å². The number of nitrogens with zero attached hydrogens (tertiary/aromatic N) is 2. The Labute approximate surface area is 211 Å². The first-order valence-corrected chi connectivity index (χ1v) is 11.9. The summed E-state index contributed by atoms with van der Waals surface area (Å²) >= 11 is 0. The average molecular weight is 527 g/mol. The van der Waals surface area contributed by atoms with Gasteiger partial charge < -0.3 is 9.64 Å². The average Bonchev–Trinajstić information content (AvgIpc) is 2.84. The normalized spacial score (nSPS) is 15.8. The Hall–Kier alpha value is -3.06. The summed E-state index contributed by atoms with van der Waals surface area (Å²) in [5, 5.41) is 9.17. The number of hydrogen-bond donors (Lipinski definition) is 0. The lowest BCUT2D eigenvalue weighted by Crippen LogP contribution is -2.29. The molecule has 1 amide bonds. The molecule has 1 saturated carbocycles. The van der Waals surface area contributed by atoms with E-state index in [0.717, 1.165) is 50.3 Å². The maximum absolute atomic E-state index is 13.6. The molecular formula is C27H28F6N2O2. The second-order valence-corrected chi connectivity index (χ2v) is 9.37. The van der Waals surface area contributed by atoms with Crippen molar-refractivity contribution >= 4 is 5.91 Å². The van der Waals surface area contributed by atoms with Crippen molar-refractivity contribution < 1.29 is 35.9 Å². The van der Waals surface area contributed by atoms with Gasteiger partial charge in [0.2, 0.25) is 5.91 Å². The molecule has 0 aliphatic heterocycles. The SMILES string of the molecule is COC(c1ccc(C(F)(F)F)cc1CN(Cc1cc(C#N)cc(C(F)(F)F)c1)C(C)=O)C1CCCCC1. The van der Waals surface area contributed by atoms with Crippen molar-refractivity contribution in [2.24, 2.45) is 5.92 Å². The monoisotopic (exact) mass is 526 g/mol. The van der Waals surface area contributed by atoms with Crippen LogP contribution in [0.2, 0.25) is 0 Å². The topological polar surface area (TPSA) is 53.3 Å². The van der Waals surface area contributed by atoms with Gasteiger partial charge >= 0.3 is 12.4 Å². The van der Waals surface area contributed by atoms with Crippen molar-refractivity contribution in [2.75, 3.05) is 7.11 Å². The van der Waals surface area contributed by atoms with Crippen molar-refractivity contribution in [1.82, 2.24) is 4.90 Å². The molecule has 0 saturated heterocycles. The number of halogens is 6. The van der Waals surface area contributed by atoms with E-state index in [1.54, 1.807) is 6.07 Å². The highest BCUT2D eigenvalue weighted by Crippen LogP contribution is 2.40. The number of amides is 1. The van der Waals surface area contributed by atoms with Crippen LogP contribution in [-0.2, 0) is 35.0 Å². The fourth-order valence-electron chi connectivity index (χ4n) is 4.92. The van der Waals surface area contributed by atoms with E-state index in [0.29, 0.717) is 11.6 Å². The van der Waals surface area contributed by atoms with Crippen LogP contribution in [-0.4, -0.2) is 17.9 Å². The first-order chi connectivity index (χ1) is 17.3. The van der Waals surface area contributed by atoms with Crippen LogP contribution < -0.4 is 0 Å². The molecule has 1 atom stereocenters. The molecule has 0 spiro atoms. The van der Waals surface area contributed by atoms with Gasteiger partial charge in [-0.05, 0) is 65.8 Å². The van der Waals surface area contributed by atoms with Gasteiger partial charge in [0.1, 0.15) is 0 Å². The molecule has 0 N–H and O–H groups in total. The van der Waals surface area contributed by atoms with Gasteiger partial charge in [0.05, 0.1) is 28.9 Å². The summed E-state index contributed by atoms with van der Waals surface area (Å²) in [5.74, 6) is -0.437. The third-order valence-electron chi connectivity index (χ3n) is 6.74. The zero-order valence-electron chi connectivity index (χ0n) is 20.5.